The summed E-state index contributed by atoms with van der Waals surface area (Å²) < 4.78 is 30.3. The Morgan fingerprint density at radius 3 is 2.23 bits per heavy atom. The third-order valence-corrected chi connectivity index (χ3v) is 8.95. The highest BCUT2D eigenvalue weighted by atomic mass is 35.5. The lowest BCUT2D eigenvalue weighted by Gasteiger charge is -2.39. The third-order valence-electron chi connectivity index (χ3n) is 5.42. The molecule has 0 bridgehead atoms. The molecule has 0 unspecified atom stereocenters. The van der Waals surface area contributed by atoms with Gasteiger partial charge in [0.1, 0.15) is 0 Å². The summed E-state index contributed by atoms with van der Waals surface area (Å²) in [6.45, 7) is 2.06. The van der Waals surface area contributed by atoms with Gasteiger partial charge in [-0.15, -0.1) is 12.4 Å². The van der Waals surface area contributed by atoms with Crippen LogP contribution in [0.15, 0.2) is 69.3 Å². The maximum Gasteiger partial charge on any atom is 0.265 e. The minimum atomic E-state index is -4.01. The second kappa shape index (κ2) is 11.3. The number of amides is 1. The second-order valence-corrected chi connectivity index (χ2v) is 10.6. The number of benzene rings is 2. The third kappa shape index (κ3) is 5.60. The fourth-order valence-electron chi connectivity index (χ4n) is 3.61. The summed E-state index contributed by atoms with van der Waals surface area (Å²) >= 11 is 1.53. The van der Waals surface area contributed by atoms with Gasteiger partial charge in [-0.3, -0.25) is 10.0 Å². The minimum absolute atomic E-state index is 0. The van der Waals surface area contributed by atoms with E-state index in [0.29, 0.717) is 26.2 Å². The van der Waals surface area contributed by atoms with Crippen molar-refractivity contribution in [1.82, 2.24) is 10.4 Å². The molecule has 0 spiro atoms. The van der Waals surface area contributed by atoms with Gasteiger partial charge in [0.2, 0.25) is 0 Å². The second-order valence-electron chi connectivity index (χ2n) is 7.16. The lowest BCUT2D eigenvalue weighted by atomic mass is 9.95. The Balaban J connectivity index is 0.00000341. The lowest BCUT2D eigenvalue weighted by Crippen LogP contribution is -2.58. The Morgan fingerprint density at radius 2 is 1.68 bits per heavy atom. The van der Waals surface area contributed by atoms with Crippen LogP contribution in [0.2, 0.25) is 0 Å². The molecule has 2 aromatic rings. The van der Waals surface area contributed by atoms with Gasteiger partial charge in [-0.1, -0.05) is 30.0 Å². The molecule has 10 heteroatoms. The molecule has 1 heterocycles. The molecule has 0 saturated carbocycles. The number of hydrogen-bond donors (Lipinski definition) is 2. The Kier molecular flexibility index (Phi) is 9.35. The fourth-order valence-corrected chi connectivity index (χ4v) is 6.41. The van der Waals surface area contributed by atoms with Crippen LogP contribution in [0.4, 0.5) is 0 Å². The van der Waals surface area contributed by atoms with E-state index in [4.69, 9.17) is 4.74 Å². The van der Waals surface area contributed by atoms with Crippen LogP contribution in [-0.2, 0) is 19.4 Å². The van der Waals surface area contributed by atoms with E-state index in [1.54, 1.807) is 24.7 Å². The van der Waals surface area contributed by atoms with E-state index < -0.39 is 20.5 Å². The summed E-state index contributed by atoms with van der Waals surface area (Å²) in [5.41, 5.74) is 1.59. The van der Waals surface area contributed by atoms with Crippen LogP contribution in [0.5, 0.6) is 0 Å². The molecule has 1 aliphatic rings. The van der Waals surface area contributed by atoms with Crippen LogP contribution >= 0.6 is 24.2 Å². The van der Waals surface area contributed by atoms with Crippen molar-refractivity contribution in [3.05, 3.63) is 54.6 Å². The van der Waals surface area contributed by atoms with E-state index in [0.717, 1.165) is 9.79 Å². The molecule has 1 fully saturated rings. The number of carbonyl (C=O) groups excluding carboxylic acids is 1. The minimum Gasteiger partial charge on any atom is -0.383 e. The van der Waals surface area contributed by atoms with Crippen LogP contribution in [0, 0.1) is 0 Å². The van der Waals surface area contributed by atoms with Crippen LogP contribution in [0.25, 0.3) is 0 Å². The first-order valence-corrected chi connectivity index (χ1v) is 12.0. The molecule has 0 aromatic heterocycles. The number of carbonyl (C=O) groups is 1. The molecule has 0 aliphatic carbocycles. The highest BCUT2D eigenvalue weighted by Gasteiger charge is 2.52. The van der Waals surface area contributed by atoms with E-state index in [2.05, 4.69) is 4.90 Å². The van der Waals surface area contributed by atoms with Crippen molar-refractivity contribution >= 4 is 39.9 Å². The molecule has 1 saturated heterocycles. The molecular weight excluding hydrogens is 460 g/mol. The van der Waals surface area contributed by atoms with Gasteiger partial charge in [0.05, 0.1) is 11.5 Å². The van der Waals surface area contributed by atoms with Crippen molar-refractivity contribution in [2.75, 3.05) is 33.4 Å². The van der Waals surface area contributed by atoms with Crippen molar-refractivity contribution < 1.29 is 23.2 Å². The molecule has 1 aliphatic heterocycles. The van der Waals surface area contributed by atoms with Crippen molar-refractivity contribution in [3.63, 3.8) is 0 Å². The highest BCUT2D eigenvalue weighted by Crippen LogP contribution is 2.37. The zero-order valence-electron chi connectivity index (χ0n) is 17.2. The van der Waals surface area contributed by atoms with Crippen LogP contribution in [0.3, 0.4) is 0 Å². The van der Waals surface area contributed by atoms with Crippen LogP contribution < -0.4 is 5.48 Å². The number of likely N-dealkylation sites (tertiary alicyclic amines) is 1. The predicted molar refractivity (Wildman–Crippen MR) is 122 cm³/mol. The van der Waals surface area contributed by atoms with Gasteiger partial charge < -0.3 is 9.64 Å². The maximum atomic E-state index is 13.5. The highest BCUT2D eigenvalue weighted by molar-refractivity contribution is 7.99. The quantitative estimate of drug-likeness (QED) is 0.437. The normalized spacial score (nSPS) is 16.3. The van der Waals surface area contributed by atoms with E-state index in [1.165, 1.54) is 23.9 Å². The summed E-state index contributed by atoms with van der Waals surface area (Å²) in [5.74, 6) is -0.878. The number of nitrogens with one attached hydrogen (secondary N) is 1. The molecular formula is C21H27ClN2O5S2. The SMILES string of the molecule is COCCN1CCC(C(=O)NO)(S(=O)(=O)c2ccc(Sc3ccccc3)cc2)CC1.Cl. The van der Waals surface area contributed by atoms with Gasteiger partial charge in [0.25, 0.3) is 5.91 Å². The summed E-state index contributed by atoms with van der Waals surface area (Å²) in [6.07, 6.45) is 0.206. The maximum absolute atomic E-state index is 13.5. The molecule has 0 radical (unpaired) electrons. The van der Waals surface area contributed by atoms with Gasteiger partial charge in [0, 0.05) is 36.5 Å². The molecule has 31 heavy (non-hydrogen) atoms. The summed E-state index contributed by atoms with van der Waals surface area (Å²) in [4.78, 5) is 16.6. The molecule has 3 rings (SSSR count). The predicted octanol–water partition coefficient (Wildman–Crippen LogP) is 3.02. The first kappa shape index (κ1) is 25.6. The Bertz CT molecular complexity index is 947. The molecule has 2 N–H and O–H groups in total. The molecule has 7 nitrogen and oxygen atoms in total. The van der Waals surface area contributed by atoms with Crippen molar-refractivity contribution in [1.29, 1.82) is 0 Å². The first-order chi connectivity index (χ1) is 14.4. The van der Waals surface area contributed by atoms with Gasteiger partial charge >= 0.3 is 0 Å². The van der Waals surface area contributed by atoms with E-state index in [1.807, 2.05) is 30.3 Å². The summed E-state index contributed by atoms with van der Waals surface area (Å²) in [6, 6.07) is 16.3. The fraction of sp³-hybridized carbons (Fsp3) is 0.381. The first-order valence-electron chi connectivity index (χ1n) is 9.66. The van der Waals surface area contributed by atoms with E-state index >= 15 is 0 Å². The number of nitrogens with zero attached hydrogens (tertiary/aromatic N) is 1. The van der Waals surface area contributed by atoms with Crippen molar-refractivity contribution in [2.45, 2.75) is 32.3 Å². The number of hydrogen-bond acceptors (Lipinski definition) is 7. The number of rotatable bonds is 8. The summed E-state index contributed by atoms with van der Waals surface area (Å²) in [5, 5.41) is 9.28. The van der Waals surface area contributed by atoms with Gasteiger partial charge in [-0.05, 0) is 49.2 Å². The van der Waals surface area contributed by atoms with Gasteiger partial charge in [-0.25, -0.2) is 13.9 Å². The zero-order chi connectivity index (χ0) is 21.6. The molecule has 1 amide bonds. The topological polar surface area (TPSA) is 95.9 Å². The average Bonchev–Trinajstić information content (AvgIpc) is 2.78. The number of methoxy groups -OCH3 is 1. The number of sulfone groups is 1. The summed E-state index contributed by atoms with van der Waals surface area (Å²) in [7, 11) is -2.40. The van der Waals surface area contributed by atoms with Gasteiger partial charge in [0.15, 0.2) is 14.6 Å². The standard InChI is InChI=1S/C21H26N2O5S2.ClH/c1-28-16-15-23-13-11-21(12-14-23,20(24)22-25)30(26,27)19-9-7-18(8-10-19)29-17-5-3-2-4-6-17;/h2-10,25H,11-16H2,1H3,(H,22,24);1H. The Labute approximate surface area is 193 Å². The van der Waals surface area contributed by atoms with Crippen LogP contribution in [0.1, 0.15) is 12.8 Å². The molecule has 170 valence electrons. The number of piperidine rings is 1. The number of halogens is 1. The van der Waals surface area contributed by atoms with Crippen LogP contribution in [-0.4, -0.2) is 62.5 Å². The van der Waals surface area contributed by atoms with E-state index in [9.17, 15) is 18.4 Å². The van der Waals surface area contributed by atoms with Crippen molar-refractivity contribution in [3.8, 4) is 0 Å². The van der Waals surface area contributed by atoms with Crippen molar-refractivity contribution in [2.24, 2.45) is 0 Å². The smallest absolute Gasteiger partial charge is 0.265 e. The van der Waals surface area contributed by atoms with E-state index in [-0.39, 0.29) is 30.1 Å². The molecule has 0 atom stereocenters. The zero-order valence-corrected chi connectivity index (χ0v) is 19.6. The average molecular weight is 487 g/mol. The largest absolute Gasteiger partial charge is 0.383 e. The van der Waals surface area contributed by atoms with Gasteiger partial charge in [-0.2, -0.15) is 0 Å². The monoisotopic (exact) mass is 486 g/mol. The molecule has 2 aromatic carbocycles. The Hall–Kier alpha value is -1.62. The lowest BCUT2D eigenvalue weighted by molar-refractivity contribution is -0.133. The Morgan fingerprint density at radius 1 is 1.10 bits per heavy atom. The number of hydroxylamine groups is 1. The number of ether oxygens (including phenoxy) is 1.